The van der Waals surface area contributed by atoms with E-state index in [9.17, 15) is 9.90 Å². The zero-order valence-corrected chi connectivity index (χ0v) is 7.80. The molecule has 0 aliphatic carbocycles. The minimum absolute atomic E-state index is 0.0750. The van der Waals surface area contributed by atoms with Gasteiger partial charge in [0.05, 0.1) is 18.0 Å². The highest BCUT2D eigenvalue weighted by atomic mass is 16.7. The maximum absolute atomic E-state index is 10.6. The summed E-state index contributed by atoms with van der Waals surface area (Å²) in [6.45, 7) is 2.12. The van der Waals surface area contributed by atoms with Crippen molar-refractivity contribution in [3.8, 4) is 5.75 Å². The van der Waals surface area contributed by atoms with Crippen LogP contribution in [0.2, 0.25) is 0 Å². The first-order valence-corrected chi connectivity index (χ1v) is 4.15. The van der Waals surface area contributed by atoms with E-state index in [0.717, 1.165) is 5.06 Å². The first kappa shape index (κ1) is 10.3. The number of phenols is 1. The van der Waals surface area contributed by atoms with Crippen molar-refractivity contribution >= 4 is 17.8 Å². The lowest BCUT2D eigenvalue weighted by Gasteiger charge is -2.15. The molecule has 5 heteroatoms. The number of phenolic OH excluding ortho intramolecular Hbond substituents is 1. The maximum Gasteiger partial charge on any atom is 0.238 e. The second kappa shape index (κ2) is 4.48. The molecule has 0 aliphatic heterocycles. The molecular weight excluding hydrogens is 184 g/mol. The lowest BCUT2D eigenvalue weighted by molar-refractivity contribution is -0.113. The van der Waals surface area contributed by atoms with Crippen LogP contribution in [0.15, 0.2) is 18.2 Å². The van der Waals surface area contributed by atoms with Crippen LogP contribution in [-0.2, 0) is 9.63 Å². The number of hydrogen-bond donors (Lipinski definition) is 2. The molecule has 3 N–H and O–H groups in total. The van der Waals surface area contributed by atoms with Crippen molar-refractivity contribution in [1.82, 2.24) is 0 Å². The van der Waals surface area contributed by atoms with Crippen LogP contribution >= 0.6 is 0 Å². The molecule has 0 spiro atoms. The smallest absolute Gasteiger partial charge is 0.238 e. The van der Waals surface area contributed by atoms with Gasteiger partial charge in [-0.2, -0.15) is 5.06 Å². The number of anilines is 2. The Hall–Kier alpha value is -1.75. The van der Waals surface area contributed by atoms with Gasteiger partial charge < -0.3 is 10.8 Å². The summed E-state index contributed by atoms with van der Waals surface area (Å²) < 4.78 is 0. The first-order valence-electron chi connectivity index (χ1n) is 4.15. The third-order valence-corrected chi connectivity index (χ3v) is 1.63. The summed E-state index contributed by atoms with van der Waals surface area (Å²) in [7, 11) is 0. The van der Waals surface area contributed by atoms with E-state index in [0.29, 0.717) is 18.7 Å². The number of aromatic hydroxyl groups is 1. The molecule has 1 amide bonds. The van der Waals surface area contributed by atoms with E-state index in [1.807, 2.05) is 0 Å². The lowest BCUT2D eigenvalue weighted by Crippen LogP contribution is -2.21. The van der Waals surface area contributed by atoms with Gasteiger partial charge >= 0.3 is 0 Å². The summed E-state index contributed by atoms with van der Waals surface area (Å²) in [6, 6.07) is 4.44. The fourth-order valence-corrected chi connectivity index (χ4v) is 0.974. The van der Waals surface area contributed by atoms with E-state index in [2.05, 4.69) is 0 Å². The standard InChI is InChI=1S/C9H12N2O3/c1-2-14-11(6-12)7-3-4-8(10)9(13)5-7/h3-6,13H,2,10H2,1H3. The van der Waals surface area contributed by atoms with Crippen LogP contribution in [0.1, 0.15) is 6.92 Å². The number of nitrogen functional groups attached to an aromatic ring is 1. The van der Waals surface area contributed by atoms with E-state index in [1.165, 1.54) is 12.1 Å². The highest BCUT2D eigenvalue weighted by Gasteiger charge is 2.06. The molecule has 0 saturated heterocycles. The second-order valence-electron chi connectivity index (χ2n) is 2.59. The molecule has 0 heterocycles. The average molecular weight is 196 g/mol. The molecule has 1 aromatic carbocycles. The molecule has 5 nitrogen and oxygen atoms in total. The van der Waals surface area contributed by atoms with Crippen LogP contribution < -0.4 is 10.8 Å². The van der Waals surface area contributed by atoms with Crippen molar-refractivity contribution in [2.24, 2.45) is 0 Å². The summed E-state index contributed by atoms with van der Waals surface area (Å²) in [5.74, 6) is -0.0750. The normalized spacial score (nSPS) is 9.79. The number of carbonyl (C=O) groups excluding carboxylic acids is 1. The lowest BCUT2D eigenvalue weighted by atomic mass is 10.2. The number of benzene rings is 1. The third kappa shape index (κ3) is 2.14. The minimum Gasteiger partial charge on any atom is -0.506 e. The van der Waals surface area contributed by atoms with Crippen molar-refractivity contribution in [3.63, 3.8) is 0 Å². The van der Waals surface area contributed by atoms with Gasteiger partial charge in [-0.1, -0.05) is 0 Å². The minimum atomic E-state index is -0.0750. The van der Waals surface area contributed by atoms with Crippen LogP contribution in [0.4, 0.5) is 11.4 Å². The molecule has 1 rings (SSSR count). The number of hydroxylamine groups is 1. The molecule has 0 bridgehead atoms. The van der Waals surface area contributed by atoms with Gasteiger partial charge in [-0.05, 0) is 19.1 Å². The SMILES string of the molecule is CCON(C=O)c1ccc(N)c(O)c1. The van der Waals surface area contributed by atoms with E-state index in [1.54, 1.807) is 13.0 Å². The Bertz CT molecular complexity index is 328. The molecule has 0 aliphatic rings. The molecule has 14 heavy (non-hydrogen) atoms. The summed E-state index contributed by atoms with van der Waals surface area (Å²) in [5, 5.41) is 10.3. The Morgan fingerprint density at radius 2 is 2.36 bits per heavy atom. The largest absolute Gasteiger partial charge is 0.506 e. The summed E-state index contributed by atoms with van der Waals surface area (Å²) in [5.41, 5.74) is 6.11. The van der Waals surface area contributed by atoms with Crippen molar-refractivity contribution in [2.75, 3.05) is 17.4 Å². The van der Waals surface area contributed by atoms with Gasteiger partial charge in [0.15, 0.2) is 0 Å². The van der Waals surface area contributed by atoms with Crippen molar-refractivity contribution in [3.05, 3.63) is 18.2 Å². The molecule has 0 unspecified atom stereocenters. The fourth-order valence-electron chi connectivity index (χ4n) is 0.974. The van der Waals surface area contributed by atoms with E-state index < -0.39 is 0 Å². The Balaban J connectivity index is 2.93. The molecule has 0 aromatic heterocycles. The van der Waals surface area contributed by atoms with Gasteiger partial charge in [0.25, 0.3) is 0 Å². The Kier molecular flexibility index (Phi) is 3.30. The Morgan fingerprint density at radius 3 is 2.86 bits per heavy atom. The highest BCUT2D eigenvalue weighted by molar-refractivity contribution is 5.74. The number of hydrogen-bond acceptors (Lipinski definition) is 4. The van der Waals surface area contributed by atoms with Crippen LogP contribution in [-0.4, -0.2) is 18.1 Å². The molecular formula is C9H12N2O3. The first-order chi connectivity index (χ1) is 6.69. The molecule has 0 atom stereocenters. The number of amides is 1. The average Bonchev–Trinajstić information content (AvgIpc) is 2.19. The van der Waals surface area contributed by atoms with E-state index >= 15 is 0 Å². The number of nitrogens with two attached hydrogens (primary N) is 1. The number of carbonyl (C=O) groups is 1. The zero-order chi connectivity index (χ0) is 10.6. The monoisotopic (exact) mass is 196 g/mol. The number of nitrogens with zero attached hydrogens (tertiary/aromatic N) is 1. The molecule has 0 saturated carbocycles. The fraction of sp³-hybridized carbons (Fsp3) is 0.222. The van der Waals surface area contributed by atoms with Gasteiger partial charge in [-0.3, -0.25) is 9.63 Å². The molecule has 1 aromatic rings. The van der Waals surface area contributed by atoms with Crippen molar-refractivity contribution in [1.29, 1.82) is 0 Å². The highest BCUT2D eigenvalue weighted by Crippen LogP contribution is 2.25. The van der Waals surface area contributed by atoms with Gasteiger partial charge in [0.2, 0.25) is 6.41 Å². The van der Waals surface area contributed by atoms with Crippen molar-refractivity contribution < 1.29 is 14.7 Å². The summed E-state index contributed by atoms with van der Waals surface area (Å²) in [4.78, 5) is 15.6. The summed E-state index contributed by atoms with van der Waals surface area (Å²) in [6.07, 6.45) is 0.522. The second-order valence-corrected chi connectivity index (χ2v) is 2.59. The van der Waals surface area contributed by atoms with Crippen LogP contribution in [0.5, 0.6) is 5.75 Å². The maximum atomic E-state index is 10.6. The van der Waals surface area contributed by atoms with Gasteiger partial charge in [0.1, 0.15) is 5.75 Å². The quantitative estimate of drug-likeness (QED) is 0.324. The Morgan fingerprint density at radius 1 is 1.64 bits per heavy atom. The van der Waals surface area contributed by atoms with Gasteiger partial charge in [-0.15, -0.1) is 0 Å². The number of rotatable bonds is 4. The van der Waals surface area contributed by atoms with Crippen LogP contribution in [0.3, 0.4) is 0 Å². The van der Waals surface area contributed by atoms with Crippen molar-refractivity contribution in [2.45, 2.75) is 6.92 Å². The van der Waals surface area contributed by atoms with E-state index in [-0.39, 0.29) is 11.4 Å². The van der Waals surface area contributed by atoms with Crippen LogP contribution in [0.25, 0.3) is 0 Å². The van der Waals surface area contributed by atoms with Crippen LogP contribution in [0, 0.1) is 0 Å². The zero-order valence-electron chi connectivity index (χ0n) is 7.80. The van der Waals surface area contributed by atoms with E-state index in [4.69, 9.17) is 10.6 Å². The topological polar surface area (TPSA) is 75.8 Å². The molecule has 76 valence electrons. The third-order valence-electron chi connectivity index (χ3n) is 1.63. The predicted octanol–water partition coefficient (Wildman–Crippen LogP) is 0.889. The Labute approximate surface area is 81.6 Å². The molecule has 0 radical (unpaired) electrons. The summed E-state index contributed by atoms with van der Waals surface area (Å²) >= 11 is 0. The van der Waals surface area contributed by atoms with Gasteiger partial charge in [-0.25, -0.2) is 0 Å². The molecule has 0 fully saturated rings. The van der Waals surface area contributed by atoms with Gasteiger partial charge in [0, 0.05) is 6.07 Å². The predicted molar refractivity (Wildman–Crippen MR) is 52.7 cm³/mol.